The summed E-state index contributed by atoms with van der Waals surface area (Å²) in [5, 5.41) is 4.86. The number of nitrogens with zero attached hydrogens (tertiary/aromatic N) is 1. The van der Waals surface area contributed by atoms with Crippen LogP contribution in [0.3, 0.4) is 0 Å². The second kappa shape index (κ2) is 5.53. The summed E-state index contributed by atoms with van der Waals surface area (Å²) in [7, 11) is 0. The molecule has 92 valence electrons. The highest BCUT2D eigenvalue weighted by Gasteiger charge is 2.28. The number of esters is 1. The zero-order valence-corrected chi connectivity index (χ0v) is 10.2. The Balaban J connectivity index is 2.04. The Labute approximate surface area is 109 Å². The second-order valence-electron chi connectivity index (χ2n) is 3.73. The number of carbonyl (C=O) groups is 2. The topological polar surface area (TPSA) is 67.8 Å². The number of aliphatic imine (C=N–C) groups is 1. The van der Waals surface area contributed by atoms with Crippen LogP contribution < -0.4 is 5.32 Å². The number of hydrogen-bond acceptors (Lipinski definition) is 5. The van der Waals surface area contributed by atoms with Crippen molar-refractivity contribution in [3.8, 4) is 0 Å². The van der Waals surface area contributed by atoms with Crippen LogP contribution in [0.2, 0.25) is 0 Å². The molecule has 18 heavy (non-hydrogen) atoms. The zero-order valence-electron chi connectivity index (χ0n) is 9.38. The minimum absolute atomic E-state index is 0.309. The van der Waals surface area contributed by atoms with E-state index in [2.05, 4.69) is 27.7 Å². The zero-order chi connectivity index (χ0) is 13.0. The molecule has 1 aromatic carbocycles. The number of rotatable bonds is 3. The summed E-state index contributed by atoms with van der Waals surface area (Å²) in [6.07, 6.45) is 0.512. The van der Waals surface area contributed by atoms with E-state index >= 15 is 0 Å². The number of nitrogens with one attached hydrogen (secondary N) is 1. The number of ether oxygens (including phenoxy) is 1. The first-order chi connectivity index (χ1) is 8.70. The van der Waals surface area contributed by atoms with E-state index in [1.165, 1.54) is 0 Å². The number of cyclic esters (lactones) is 1. The van der Waals surface area contributed by atoms with Gasteiger partial charge in [-0.25, -0.2) is 4.79 Å². The minimum atomic E-state index is -0.545. The second-order valence-corrected chi connectivity index (χ2v) is 3.91. The van der Waals surface area contributed by atoms with Gasteiger partial charge >= 0.3 is 5.97 Å². The molecule has 0 spiro atoms. The average molecular weight is 262 g/mol. The molecule has 1 amide bonds. The molecule has 5 nitrogen and oxygen atoms in total. The molecule has 1 aromatic rings. The Morgan fingerprint density at radius 1 is 1.44 bits per heavy atom. The Morgan fingerprint density at radius 2 is 2.17 bits per heavy atom. The van der Waals surface area contributed by atoms with Crippen molar-refractivity contribution in [2.75, 3.05) is 6.61 Å². The third-order valence-electron chi connectivity index (χ3n) is 2.54. The molecule has 1 saturated heterocycles. The molecule has 0 saturated carbocycles. The van der Waals surface area contributed by atoms with Gasteiger partial charge in [0.25, 0.3) is 5.91 Å². The highest BCUT2D eigenvalue weighted by molar-refractivity contribution is 7.78. The van der Waals surface area contributed by atoms with Gasteiger partial charge in [-0.15, -0.1) is 0 Å². The van der Waals surface area contributed by atoms with Gasteiger partial charge < -0.3 is 10.1 Å². The maximum atomic E-state index is 11.8. The molecule has 1 unspecified atom stereocenters. The predicted octanol–water partition coefficient (Wildman–Crippen LogP) is 1.47. The average Bonchev–Trinajstić information content (AvgIpc) is 2.76. The van der Waals surface area contributed by atoms with E-state index in [9.17, 15) is 9.59 Å². The van der Waals surface area contributed by atoms with Gasteiger partial charge in [-0.2, -0.15) is 4.99 Å². The van der Waals surface area contributed by atoms with E-state index in [1.54, 1.807) is 24.3 Å². The standard InChI is InChI=1S/C12H10N2O3S/c15-11(14-10-5-6-17-12(10)16)8-1-3-9(4-2-8)13-7-18/h1-4,10H,5-6H2,(H,14,15). The molecule has 0 aliphatic carbocycles. The molecule has 1 atom stereocenters. The van der Waals surface area contributed by atoms with Crippen LogP contribution in [-0.2, 0) is 9.53 Å². The number of isothiocyanates is 1. The molecule has 1 heterocycles. The first-order valence-electron chi connectivity index (χ1n) is 5.36. The molecule has 1 fully saturated rings. The van der Waals surface area contributed by atoms with Crippen molar-refractivity contribution in [2.45, 2.75) is 12.5 Å². The van der Waals surface area contributed by atoms with Gasteiger partial charge in [0.1, 0.15) is 6.04 Å². The molecule has 1 N–H and O–H groups in total. The van der Waals surface area contributed by atoms with Crippen molar-refractivity contribution in [2.24, 2.45) is 4.99 Å². The van der Waals surface area contributed by atoms with Crippen molar-refractivity contribution < 1.29 is 14.3 Å². The maximum absolute atomic E-state index is 11.8. The number of carbonyl (C=O) groups excluding carboxylic acids is 2. The molecule has 2 rings (SSSR count). The van der Waals surface area contributed by atoms with E-state index in [1.807, 2.05) is 0 Å². The van der Waals surface area contributed by atoms with Crippen molar-refractivity contribution in [3.05, 3.63) is 29.8 Å². The minimum Gasteiger partial charge on any atom is -0.464 e. The van der Waals surface area contributed by atoms with Crippen molar-refractivity contribution >= 4 is 34.9 Å². The summed E-state index contributed by atoms with van der Waals surface area (Å²) >= 11 is 4.48. The van der Waals surface area contributed by atoms with E-state index in [0.29, 0.717) is 24.3 Å². The quantitative estimate of drug-likeness (QED) is 0.509. The van der Waals surface area contributed by atoms with Gasteiger partial charge in [-0.1, -0.05) is 0 Å². The SMILES string of the molecule is O=C(NC1CCOC1=O)c1ccc(N=C=S)cc1. The van der Waals surface area contributed by atoms with E-state index in [0.717, 1.165) is 0 Å². The maximum Gasteiger partial charge on any atom is 0.328 e. The van der Waals surface area contributed by atoms with Gasteiger partial charge in [0.2, 0.25) is 0 Å². The third-order valence-corrected chi connectivity index (χ3v) is 2.64. The Bertz CT molecular complexity index is 521. The molecule has 0 bridgehead atoms. The van der Waals surface area contributed by atoms with E-state index in [4.69, 9.17) is 4.74 Å². The van der Waals surface area contributed by atoms with Crippen LogP contribution in [0.4, 0.5) is 5.69 Å². The fraction of sp³-hybridized carbons (Fsp3) is 0.250. The normalized spacial score (nSPS) is 17.8. The molecule has 1 aliphatic rings. The van der Waals surface area contributed by atoms with E-state index < -0.39 is 6.04 Å². The summed E-state index contributed by atoms with van der Waals surface area (Å²) in [4.78, 5) is 26.8. The van der Waals surface area contributed by atoms with E-state index in [-0.39, 0.29) is 11.9 Å². The molecule has 1 aliphatic heterocycles. The van der Waals surface area contributed by atoms with Gasteiger partial charge in [0.05, 0.1) is 17.5 Å². The monoisotopic (exact) mass is 262 g/mol. The summed E-state index contributed by atoms with van der Waals surface area (Å²) in [6.45, 7) is 0.353. The fourth-order valence-electron chi connectivity index (χ4n) is 1.61. The lowest BCUT2D eigenvalue weighted by atomic mass is 10.1. The first kappa shape index (κ1) is 12.4. The number of amides is 1. The first-order valence-corrected chi connectivity index (χ1v) is 5.77. The van der Waals surface area contributed by atoms with Crippen molar-refractivity contribution in [3.63, 3.8) is 0 Å². The lowest BCUT2D eigenvalue weighted by molar-refractivity contribution is -0.139. The van der Waals surface area contributed by atoms with Crippen LogP contribution in [0.15, 0.2) is 29.3 Å². The van der Waals surface area contributed by atoms with Crippen LogP contribution >= 0.6 is 12.2 Å². The lowest BCUT2D eigenvalue weighted by Crippen LogP contribution is -2.37. The van der Waals surface area contributed by atoms with Crippen LogP contribution in [0.1, 0.15) is 16.8 Å². The van der Waals surface area contributed by atoms with Crippen molar-refractivity contribution in [1.82, 2.24) is 5.32 Å². The Morgan fingerprint density at radius 3 is 2.72 bits per heavy atom. The number of hydrogen-bond donors (Lipinski definition) is 1. The molecular formula is C12H10N2O3S. The van der Waals surface area contributed by atoms with Crippen LogP contribution in [0, 0.1) is 0 Å². The number of thiocarbonyl (C=S) groups is 1. The predicted molar refractivity (Wildman–Crippen MR) is 68.0 cm³/mol. The molecule has 6 heteroatoms. The summed E-state index contributed by atoms with van der Waals surface area (Å²) in [5.74, 6) is -0.693. The summed E-state index contributed by atoms with van der Waals surface area (Å²) in [6, 6.07) is 5.99. The molecule has 0 radical (unpaired) electrons. The number of benzene rings is 1. The highest BCUT2D eigenvalue weighted by Crippen LogP contribution is 2.13. The van der Waals surface area contributed by atoms with Crippen molar-refractivity contribution in [1.29, 1.82) is 0 Å². The molecule has 0 aromatic heterocycles. The summed E-state index contributed by atoms with van der Waals surface area (Å²) < 4.78 is 4.76. The Kier molecular flexibility index (Phi) is 3.82. The fourth-order valence-corrected chi connectivity index (χ4v) is 1.71. The van der Waals surface area contributed by atoms with Crippen LogP contribution in [0.25, 0.3) is 0 Å². The van der Waals surface area contributed by atoms with Gasteiger partial charge in [-0.3, -0.25) is 4.79 Å². The van der Waals surface area contributed by atoms with Gasteiger partial charge in [-0.05, 0) is 36.5 Å². The third kappa shape index (κ3) is 2.80. The smallest absolute Gasteiger partial charge is 0.328 e. The van der Waals surface area contributed by atoms with Gasteiger partial charge in [0.15, 0.2) is 0 Å². The highest BCUT2D eigenvalue weighted by atomic mass is 32.1. The lowest BCUT2D eigenvalue weighted by Gasteiger charge is -2.08. The van der Waals surface area contributed by atoms with Crippen LogP contribution in [-0.4, -0.2) is 29.7 Å². The Hall–Kier alpha value is -2.04. The summed E-state index contributed by atoms with van der Waals surface area (Å²) in [5.41, 5.74) is 1.08. The molecular weight excluding hydrogens is 252 g/mol. The van der Waals surface area contributed by atoms with Gasteiger partial charge in [0, 0.05) is 12.0 Å². The largest absolute Gasteiger partial charge is 0.464 e. The van der Waals surface area contributed by atoms with Crippen LogP contribution in [0.5, 0.6) is 0 Å².